The van der Waals surface area contributed by atoms with Gasteiger partial charge in [-0.1, -0.05) is 17.7 Å². The first-order valence-corrected chi connectivity index (χ1v) is 6.45. The van der Waals surface area contributed by atoms with Gasteiger partial charge in [-0.3, -0.25) is 4.79 Å². The molecule has 106 valence electrons. The topological polar surface area (TPSA) is 64.9 Å². The molecule has 2 N–H and O–H groups in total. The molecule has 1 amide bonds. The Balaban J connectivity index is 1.92. The third-order valence-electron chi connectivity index (χ3n) is 2.65. The van der Waals surface area contributed by atoms with Crippen molar-refractivity contribution in [3.05, 3.63) is 58.9 Å². The van der Waals surface area contributed by atoms with E-state index < -0.39 is 5.82 Å². The molecule has 0 radical (unpaired) electrons. The Hall–Kier alpha value is -2.58. The molecular formula is C15H11ClFN3O. The van der Waals surface area contributed by atoms with Crippen molar-refractivity contribution in [3.8, 4) is 6.07 Å². The minimum Gasteiger partial charge on any atom is -0.376 e. The van der Waals surface area contributed by atoms with Gasteiger partial charge in [0.2, 0.25) is 5.91 Å². The van der Waals surface area contributed by atoms with Crippen molar-refractivity contribution in [2.24, 2.45) is 0 Å². The van der Waals surface area contributed by atoms with Crippen LogP contribution in [0.5, 0.6) is 0 Å². The lowest BCUT2D eigenvalue weighted by molar-refractivity contribution is -0.114. The first-order valence-electron chi connectivity index (χ1n) is 6.07. The molecule has 0 fully saturated rings. The molecule has 21 heavy (non-hydrogen) atoms. The van der Waals surface area contributed by atoms with E-state index in [2.05, 4.69) is 10.6 Å². The van der Waals surface area contributed by atoms with Crippen LogP contribution in [0.3, 0.4) is 0 Å². The van der Waals surface area contributed by atoms with Crippen LogP contribution in [0.25, 0.3) is 0 Å². The van der Waals surface area contributed by atoms with Gasteiger partial charge in [0, 0.05) is 11.4 Å². The highest BCUT2D eigenvalue weighted by molar-refractivity contribution is 6.32. The van der Waals surface area contributed by atoms with Gasteiger partial charge in [-0.2, -0.15) is 5.26 Å². The molecule has 0 aromatic heterocycles. The fraction of sp³-hybridized carbons (Fsp3) is 0.0667. The largest absolute Gasteiger partial charge is 0.376 e. The predicted molar refractivity (Wildman–Crippen MR) is 79.7 cm³/mol. The number of rotatable bonds is 4. The Labute approximate surface area is 126 Å². The van der Waals surface area contributed by atoms with Crippen LogP contribution in [0.2, 0.25) is 5.02 Å². The number of hydrogen-bond donors (Lipinski definition) is 2. The second-order valence-electron chi connectivity index (χ2n) is 4.22. The van der Waals surface area contributed by atoms with Crippen LogP contribution < -0.4 is 10.6 Å². The average molecular weight is 304 g/mol. The first-order chi connectivity index (χ1) is 10.1. The van der Waals surface area contributed by atoms with Gasteiger partial charge in [-0.25, -0.2) is 4.39 Å². The number of benzene rings is 2. The van der Waals surface area contributed by atoms with Gasteiger partial charge in [0.05, 0.1) is 17.1 Å². The lowest BCUT2D eigenvalue weighted by Crippen LogP contribution is -2.21. The fourth-order valence-corrected chi connectivity index (χ4v) is 1.89. The maximum atomic E-state index is 13.0. The molecule has 2 aromatic carbocycles. The van der Waals surface area contributed by atoms with Crippen LogP contribution in [0.1, 0.15) is 5.56 Å². The molecule has 0 spiro atoms. The monoisotopic (exact) mass is 303 g/mol. The zero-order valence-corrected chi connectivity index (χ0v) is 11.6. The van der Waals surface area contributed by atoms with Gasteiger partial charge in [0.25, 0.3) is 0 Å². The molecule has 0 atom stereocenters. The van der Waals surface area contributed by atoms with E-state index in [1.807, 2.05) is 6.07 Å². The zero-order chi connectivity index (χ0) is 15.2. The summed E-state index contributed by atoms with van der Waals surface area (Å²) in [5.74, 6) is -0.735. The van der Waals surface area contributed by atoms with E-state index in [0.717, 1.165) is 0 Å². The molecule has 4 nitrogen and oxygen atoms in total. The van der Waals surface area contributed by atoms with E-state index in [9.17, 15) is 9.18 Å². The van der Waals surface area contributed by atoms with E-state index in [1.165, 1.54) is 18.2 Å². The number of anilines is 2. The van der Waals surface area contributed by atoms with E-state index in [4.69, 9.17) is 16.9 Å². The smallest absolute Gasteiger partial charge is 0.243 e. The minimum atomic E-state index is -0.417. The number of carbonyl (C=O) groups is 1. The predicted octanol–water partition coefficient (Wildman–Crippen LogP) is 3.40. The third kappa shape index (κ3) is 4.20. The Bertz CT molecular complexity index is 712. The lowest BCUT2D eigenvalue weighted by Gasteiger charge is -2.08. The normalized spacial score (nSPS) is 9.76. The maximum Gasteiger partial charge on any atom is 0.243 e. The summed E-state index contributed by atoms with van der Waals surface area (Å²) in [6.07, 6.45) is 0. The summed E-state index contributed by atoms with van der Waals surface area (Å²) in [5.41, 5.74) is 1.37. The van der Waals surface area contributed by atoms with Crippen LogP contribution in [0.15, 0.2) is 42.5 Å². The minimum absolute atomic E-state index is 0.00125. The number of nitriles is 1. The summed E-state index contributed by atoms with van der Waals surface area (Å²) in [6.45, 7) is -0.00125. The van der Waals surface area contributed by atoms with Gasteiger partial charge in [0.15, 0.2) is 0 Å². The number of nitrogens with zero attached hydrogens (tertiary/aromatic N) is 1. The molecule has 0 heterocycles. The van der Waals surface area contributed by atoms with Crippen molar-refractivity contribution in [1.82, 2.24) is 0 Å². The molecule has 0 aliphatic heterocycles. The molecule has 2 rings (SSSR count). The Kier molecular flexibility index (Phi) is 4.75. The Morgan fingerprint density at radius 2 is 2.05 bits per heavy atom. The lowest BCUT2D eigenvalue weighted by atomic mass is 10.2. The highest BCUT2D eigenvalue weighted by atomic mass is 35.5. The Morgan fingerprint density at radius 3 is 2.71 bits per heavy atom. The van der Waals surface area contributed by atoms with E-state index in [0.29, 0.717) is 22.0 Å². The molecular weight excluding hydrogens is 293 g/mol. The molecule has 0 aliphatic rings. The van der Waals surface area contributed by atoms with E-state index >= 15 is 0 Å². The SMILES string of the molecule is N#Cc1ccc(NCC(=O)Nc2cccc(F)c2)cc1Cl. The molecule has 0 saturated heterocycles. The molecule has 0 saturated carbocycles. The molecule has 0 bridgehead atoms. The Morgan fingerprint density at radius 1 is 1.24 bits per heavy atom. The van der Waals surface area contributed by atoms with Crippen molar-refractivity contribution in [3.63, 3.8) is 0 Å². The number of amides is 1. The summed E-state index contributed by atoms with van der Waals surface area (Å²) in [4.78, 5) is 11.7. The highest BCUT2D eigenvalue weighted by Crippen LogP contribution is 2.20. The quantitative estimate of drug-likeness (QED) is 0.910. The standard InChI is InChI=1S/C15H11ClFN3O/c16-14-7-12(5-4-10(14)8-18)19-9-15(21)20-13-3-1-2-11(17)6-13/h1-7,19H,9H2,(H,20,21). The molecule has 6 heteroatoms. The van der Waals surface area contributed by atoms with Crippen molar-refractivity contribution < 1.29 is 9.18 Å². The summed E-state index contributed by atoms with van der Waals surface area (Å²) in [5, 5.41) is 14.5. The van der Waals surface area contributed by atoms with E-state index in [1.54, 1.807) is 24.3 Å². The number of halogens is 2. The number of carbonyl (C=O) groups excluding carboxylic acids is 1. The van der Waals surface area contributed by atoms with Gasteiger partial charge >= 0.3 is 0 Å². The van der Waals surface area contributed by atoms with Gasteiger partial charge < -0.3 is 10.6 Å². The molecule has 2 aromatic rings. The van der Waals surface area contributed by atoms with Gasteiger partial charge in [0.1, 0.15) is 11.9 Å². The summed E-state index contributed by atoms with van der Waals surface area (Å²) in [6, 6.07) is 12.4. The molecule has 0 aliphatic carbocycles. The zero-order valence-electron chi connectivity index (χ0n) is 10.9. The summed E-state index contributed by atoms with van der Waals surface area (Å²) in [7, 11) is 0. The van der Waals surface area contributed by atoms with Crippen LogP contribution >= 0.6 is 11.6 Å². The van der Waals surface area contributed by atoms with E-state index in [-0.39, 0.29) is 12.5 Å². The van der Waals surface area contributed by atoms with Crippen LogP contribution in [0.4, 0.5) is 15.8 Å². The van der Waals surface area contributed by atoms with Gasteiger partial charge in [-0.05, 0) is 36.4 Å². The second kappa shape index (κ2) is 6.73. The van der Waals surface area contributed by atoms with Crippen molar-refractivity contribution in [1.29, 1.82) is 5.26 Å². The fourth-order valence-electron chi connectivity index (χ4n) is 1.67. The third-order valence-corrected chi connectivity index (χ3v) is 2.96. The molecule has 0 unspecified atom stereocenters. The van der Waals surface area contributed by atoms with Crippen molar-refractivity contribution in [2.45, 2.75) is 0 Å². The summed E-state index contributed by atoms with van der Waals surface area (Å²) >= 11 is 5.89. The van der Waals surface area contributed by atoms with Crippen molar-refractivity contribution >= 4 is 28.9 Å². The summed E-state index contributed by atoms with van der Waals surface area (Å²) < 4.78 is 13.0. The van der Waals surface area contributed by atoms with Crippen molar-refractivity contribution in [2.75, 3.05) is 17.2 Å². The van der Waals surface area contributed by atoms with Gasteiger partial charge in [-0.15, -0.1) is 0 Å². The highest BCUT2D eigenvalue weighted by Gasteiger charge is 2.05. The van der Waals surface area contributed by atoms with Crippen LogP contribution in [-0.2, 0) is 4.79 Å². The number of nitrogens with one attached hydrogen (secondary N) is 2. The number of hydrogen-bond acceptors (Lipinski definition) is 3. The maximum absolute atomic E-state index is 13.0. The van der Waals surface area contributed by atoms with Crippen LogP contribution in [0, 0.1) is 17.1 Å². The first kappa shape index (κ1) is 14.8. The average Bonchev–Trinajstić information content (AvgIpc) is 2.45. The second-order valence-corrected chi connectivity index (χ2v) is 4.63. The van der Waals surface area contributed by atoms with Crippen LogP contribution in [-0.4, -0.2) is 12.5 Å².